The van der Waals surface area contributed by atoms with Crippen molar-refractivity contribution < 1.29 is 24.4 Å². The molecule has 0 fully saturated rings. The zero-order valence-electron chi connectivity index (χ0n) is 10.1. The molecule has 1 rings (SSSR count). The molecule has 4 N–H and O–H groups in total. The van der Waals surface area contributed by atoms with Crippen molar-refractivity contribution in [3.05, 3.63) is 17.7 Å². The van der Waals surface area contributed by atoms with E-state index in [0.29, 0.717) is 22.8 Å². The summed E-state index contributed by atoms with van der Waals surface area (Å²) in [6, 6.07) is 3.21. The van der Waals surface area contributed by atoms with Crippen LogP contribution in [-0.4, -0.2) is 37.5 Å². The molecule has 6 heteroatoms. The summed E-state index contributed by atoms with van der Waals surface area (Å²) in [6.45, 7) is 0. The molecular weight excluding hydrogens is 226 g/mol. The zero-order chi connectivity index (χ0) is 13.1. The topological polar surface area (TPSA) is 94.2 Å². The predicted molar refractivity (Wildman–Crippen MR) is 61.2 cm³/mol. The van der Waals surface area contributed by atoms with E-state index >= 15 is 0 Å². The van der Waals surface area contributed by atoms with Gasteiger partial charge in [-0.15, -0.1) is 0 Å². The average molecular weight is 243 g/mol. The number of ether oxygens (including phenoxy) is 3. The van der Waals surface area contributed by atoms with E-state index in [9.17, 15) is 0 Å². The molecule has 1 aromatic rings. The van der Waals surface area contributed by atoms with E-state index in [1.165, 1.54) is 21.3 Å². The number of methoxy groups -OCH3 is 3. The molecule has 0 aliphatic carbocycles. The van der Waals surface area contributed by atoms with Gasteiger partial charge in [-0.1, -0.05) is 0 Å². The summed E-state index contributed by atoms with van der Waals surface area (Å²) >= 11 is 0. The van der Waals surface area contributed by atoms with E-state index in [2.05, 4.69) is 0 Å². The SMILES string of the molecule is COc1cc(CC(N)(O)O)cc(OC)c1OC. The fourth-order valence-electron chi connectivity index (χ4n) is 1.54. The number of nitrogens with two attached hydrogens (primary N) is 1. The van der Waals surface area contributed by atoms with Crippen LogP contribution in [0, 0.1) is 0 Å². The van der Waals surface area contributed by atoms with Gasteiger partial charge in [0.2, 0.25) is 11.7 Å². The third-order valence-corrected chi connectivity index (χ3v) is 2.19. The Morgan fingerprint density at radius 3 is 1.82 bits per heavy atom. The van der Waals surface area contributed by atoms with Gasteiger partial charge in [0.15, 0.2) is 11.5 Å². The summed E-state index contributed by atoms with van der Waals surface area (Å²) in [5.41, 5.74) is 5.68. The molecular formula is C11H17NO5. The summed E-state index contributed by atoms with van der Waals surface area (Å²) in [5.74, 6) is -0.959. The fraction of sp³-hybridized carbons (Fsp3) is 0.455. The molecule has 17 heavy (non-hydrogen) atoms. The molecule has 0 aliphatic heterocycles. The average Bonchev–Trinajstić information content (AvgIpc) is 2.25. The first kappa shape index (κ1) is 13.6. The third-order valence-electron chi connectivity index (χ3n) is 2.19. The Hall–Kier alpha value is -1.50. The quantitative estimate of drug-likeness (QED) is 0.623. The highest BCUT2D eigenvalue weighted by molar-refractivity contribution is 5.53. The lowest BCUT2D eigenvalue weighted by Gasteiger charge is -2.18. The van der Waals surface area contributed by atoms with Gasteiger partial charge in [-0.05, 0) is 17.7 Å². The van der Waals surface area contributed by atoms with Crippen LogP contribution >= 0.6 is 0 Å². The first-order valence-corrected chi connectivity index (χ1v) is 4.93. The van der Waals surface area contributed by atoms with E-state index in [0.717, 1.165) is 0 Å². The van der Waals surface area contributed by atoms with Crippen molar-refractivity contribution in [3.8, 4) is 17.2 Å². The van der Waals surface area contributed by atoms with E-state index in [-0.39, 0.29) is 6.42 Å². The van der Waals surface area contributed by atoms with Crippen molar-refractivity contribution in [2.24, 2.45) is 5.73 Å². The number of hydrogen-bond acceptors (Lipinski definition) is 6. The molecule has 0 atom stereocenters. The minimum Gasteiger partial charge on any atom is -0.493 e. The van der Waals surface area contributed by atoms with Gasteiger partial charge >= 0.3 is 0 Å². The number of hydrogen-bond donors (Lipinski definition) is 3. The van der Waals surface area contributed by atoms with Gasteiger partial charge in [0.05, 0.1) is 21.3 Å². The standard InChI is InChI=1S/C11H17NO5/c1-15-8-4-7(6-11(12,13)14)5-9(16-2)10(8)17-3/h4-5,13-14H,6,12H2,1-3H3. The highest BCUT2D eigenvalue weighted by atomic mass is 16.5. The minimum absolute atomic E-state index is 0.149. The van der Waals surface area contributed by atoms with Crippen LogP contribution in [0.15, 0.2) is 12.1 Å². The van der Waals surface area contributed by atoms with Gasteiger partial charge in [0.25, 0.3) is 0 Å². The smallest absolute Gasteiger partial charge is 0.223 e. The Morgan fingerprint density at radius 1 is 1.06 bits per heavy atom. The Kier molecular flexibility index (Phi) is 4.17. The monoisotopic (exact) mass is 243 g/mol. The van der Waals surface area contributed by atoms with E-state index < -0.39 is 5.91 Å². The molecule has 0 saturated carbocycles. The number of aliphatic hydroxyl groups is 2. The van der Waals surface area contributed by atoms with E-state index in [4.69, 9.17) is 30.2 Å². The van der Waals surface area contributed by atoms with Crippen LogP contribution in [0.3, 0.4) is 0 Å². The summed E-state index contributed by atoms with van der Waals surface area (Å²) in [5, 5.41) is 18.3. The van der Waals surface area contributed by atoms with Crippen molar-refractivity contribution in [2.75, 3.05) is 21.3 Å². The second kappa shape index (κ2) is 5.22. The van der Waals surface area contributed by atoms with Gasteiger partial charge in [0, 0.05) is 6.42 Å². The van der Waals surface area contributed by atoms with Crippen LogP contribution in [0.4, 0.5) is 0 Å². The Bertz CT molecular complexity index is 361. The van der Waals surface area contributed by atoms with Crippen molar-refractivity contribution in [2.45, 2.75) is 12.3 Å². The van der Waals surface area contributed by atoms with Crippen molar-refractivity contribution >= 4 is 0 Å². The number of benzene rings is 1. The molecule has 6 nitrogen and oxygen atoms in total. The maximum Gasteiger partial charge on any atom is 0.223 e. The summed E-state index contributed by atoms with van der Waals surface area (Å²) in [6.07, 6.45) is -0.149. The van der Waals surface area contributed by atoms with Crippen LogP contribution in [0.2, 0.25) is 0 Å². The van der Waals surface area contributed by atoms with Crippen LogP contribution in [-0.2, 0) is 6.42 Å². The van der Waals surface area contributed by atoms with Gasteiger partial charge in [0.1, 0.15) is 0 Å². The Labute approximate surface area is 99.5 Å². The highest BCUT2D eigenvalue weighted by Gasteiger charge is 2.20. The van der Waals surface area contributed by atoms with Crippen molar-refractivity contribution in [3.63, 3.8) is 0 Å². The lowest BCUT2D eigenvalue weighted by atomic mass is 10.1. The third kappa shape index (κ3) is 3.48. The maximum atomic E-state index is 9.15. The second-order valence-corrected chi connectivity index (χ2v) is 3.59. The molecule has 0 saturated heterocycles. The minimum atomic E-state index is -2.27. The fourth-order valence-corrected chi connectivity index (χ4v) is 1.54. The van der Waals surface area contributed by atoms with Crippen molar-refractivity contribution in [1.82, 2.24) is 0 Å². The summed E-state index contributed by atoms with van der Waals surface area (Å²) in [4.78, 5) is 0. The largest absolute Gasteiger partial charge is 0.493 e. The predicted octanol–water partition coefficient (Wildman–Crippen LogP) is -0.148. The summed E-state index contributed by atoms with van der Waals surface area (Å²) in [7, 11) is 4.45. The molecule has 0 aromatic heterocycles. The van der Waals surface area contributed by atoms with Gasteiger partial charge < -0.3 is 24.4 Å². The molecule has 0 spiro atoms. The van der Waals surface area contributed by atoms with Gasteiger partial charge in [-0.25, -0.2) is 0 Å². The van der Waals surface area contributed by atoms with Crippen LogP contribution in [0.5, 0.6) is 17.2 Å². The van der Waals surface area contributed by atoms with E-state index in [1.807, 2.05) is 0 Å². The molecule has 0 heterocycles. The van der Waals surface area contributed by atoms with Crippen molar-refractivity contribution in [1.29, 1.82) is 0 Å². The molecule has 0 bridgehead atoms. The zero-order valence-corrected chi connectivity index (χ0v) is 10.1. The molecule has 1 aromatic carbocycles. The second-order valence-electron chi connectivity index (χ2n) is 3.59. The molecule has 0 amide bonds. The lowest BCUT2D eigenvalue weighted by molar-refractivity contribution is -0.153. The first-order valence-electron chi connectivity index (χ1n) is 4.93. The Balaban J connectivity index is 3.18. The maximum absolute atomic E-state index is 9.15. The van der Waals surface area contributed by atoms with Gasteiger partial charge in [-0.3, -0.25) is 5.73 Å². The molecule has 0 aliphatic rings. The van der Waals surface area contributed by atoms with Gasteiger partial charge in [-0.2, -0.15) is 0 Å². The Morgan fingerprint density at radius 2 is 1.53 bits per heavy atom. The normalized spacial score (nSPS) is 11.2. The summed E-state index contributed by atoms with van der Waals surface area (Å²) < 4.78 is 15.4. The van der Waals surface area contributed by atoms with Crippen LogP contribution in [0.1, 0.15) is 5.56 Å². The van der Waals surface area contributed by atoms with Crippen LogP contribution < -0.4 is 19.9 Å². The number of rotatable bonds is 5. The molecule has 0 unspecified atom stereocenters. The first-order chi connectivity index (χ1) is 7.91. The van der Waals surface area contributed by atoms with E-state index in [1.54, 1.807) is 12.1 Å². The lowest BCUT2D eigenvalue weighted by Crippen LogP contribution is -2.41. The molecule has 96 valence electrons. The molecule has 0 radical (unpaired) electrons. The highest BCUT2D eigenvalue weighted by Crippen LogP contribution is 2.38. The van der Waals surface area contributed by atoms with Crippen LogP contribution in [0.25, 0.3) is 0 Å².